The Morgan fingerprint density at radius 1 is 1.42 bits per heavy atom. The maximum absolute atomic E-state index is 11.8. The Morgan fingerprint density at radius 3 is 2.89 bits per heavy atom. The zero-order chi connectivity index (χ0) is 13.7. The lowest BCUT2D eigenvalue weighted by Crippen LogP contribution is -2.33. The summed E-state index contributed by atoms with van der Waals surface area (Å²) in [6, 6.07) is 5.52. The minimum Gasteiger partial charge on any atom is -0.497 e. The molecular weight excluding hydrogens is 246 g/mol. The van der Waals surface area contributed by atoms with Gasteiger partial charge in [-0.05, 0) is 25.0 Å². The van der Waals surface area contributed by atoms with Gasteiger partial charge >= 0.3 is 0 Å². The summed E-state index contributed by atoms with van der Waals surface area (Å²) in [6.45, 7) is 1.09. The van der Waals surface area contributed by atoms with Crippen LogP contribution in [-0.2, 0) is 16.1 Å². The maximum atomic E-state index is 11.8. The molecule has 0 radical (unpaired) electrons. The van der Waals surface area contributed by atoms with Crippen molar-refractivity contribution in [3.8, 4) is 11.5 Å². The summed E-state index contributed by atoms with van der Waals surface area (Å²) in [4.78, 5) is 11.8. The summed E-state index contributed by atoms with van der Waals surface area (Å²) in [6.07, 6.45) is 1.44. The van der Waals surface area contributed by atoms with Gasteiger partial charge in [-0.1, -0.05) is 0 Å². The largest absolute Gasteiger partial charge is 0.497 e. The number of carbonyl (C=O) groups excluding carboxylic acids is 1. The molecule has 5 heteroatoms. The lowest BCUT2D eigenvalue weighted by Gasteiger charge is -2.13. The van der Waals surface area contributed by atoms with Crippen LogP contribution in [0.3, 0.4) is 0 Å². The van der Waals surface area contributed by atoms with Gasteiger partial charge < -0.3 is 19.5 Å². The number of benzene rings is 1. The zero-order valence-corrected chi connectivity index (χ0v) is 11.3. The maximum Gasteiger partial charge on any atom is 0.249 e. The fourth-order valence-corrected chi connectivity index (χ4v) is 2.08. The molecule has 0 aliphatic carbocycles. The molecule has 0 bridgehead atoms. The Balaban J connectivity index is 1.96. The van der Waals surface area contributed by atoms with E-state index in [1.54, 1.807) is 20.3 Å². The fourth-order valence-electron chi connectivity index (χ4n) is 2.08. The number of amides is 1. The first-order chi connectivity index (χ1) is 9.24. The molecule has 1 unspecified atom stereocenters. The Hall–Kier alpha value is -1.75. The highest BCUT2D eigenvalue weighted by Crippen LogP contribution is 2.24. The number of rotatable bonds is 5. The highest BCUT2D eigenvalue weighted by Gasteiger charge is 2.23. The van der Waals surface area contributed by atoms with E-state index in [1.807, 2.05) is 12.1 Å². The van der Waals surface area contributed by atoms with Crippen LogP contribution in [0, 0.1) is 0 Å². The van der Waals surface area contributed by atoms with Crippen LogP contribution in [0.2, 0.25) is 0 Å². The molecule has 1 aliphatic heterocycles. The van der Waals surface area contributed by atoms with Crippen LogP contribution in [-0.4, -0.2) is 32.8 Å². The average molecular weight is 265 g/mol. The Kier molecular flexibility index (Phi) is 4.63. The van der Waals surface area contributed by atoms with Gasteiger partial charge in [-0.25, -0.2) is 0 Å². The molecule has 1 aromatic carbocycles. The van der Waals surface area contributed by atoms with E-state index in [0.29, 0.717) is 18.9 Å². The Bertz CT molecular complexity index is 441. The molecule has 5 nitrogen and oxygen atoms in total. The quantitative estimate of drug-likeness (QED) is 0.876. The van der Waals surface area contributed by atoms with E-state index in [2.05, 4.69) is 5.32 Å². The summed E-state index contributed by atoms with van der Waals surface area (Å²) < 4.78 is 15.7. The number of nitrogens with one attached hydrogen (secondary N) is 1. The number of ether oxygens (including phenoxy) is 3. The third kappa shape index (κ3) is 3.38. The number of carbonyl (C=O) groups is 1. The molecule has 1 fully saturated rings. The van der Waals surface area contributed by atoms with Crippen LogP contribution < -0.4 is 14.8 Å². The van der Waals surface area contributed by atoms with Crippen molar-refractivity contribution in [3.63, 3.8) is 0 Å². The molecule has 19 heavy (non-hydrogen) atoms. The van der Waals surface area contributed by atoms with Crippen molar-refractivity contribution >= 4 is 5.91 Å². The summed E-state index contributed by atoms with van der Waals surface area (Å²) in [5, 5.41) is 2.87. The van der Waals surface area contributed by atoms with Crippen molar-refractivity contribution in [1.29, 1.82) is 0 Å². The minimum absolute atomic E-state index is 0.0598. The molecule has 104 valence electrons. The normalized spacial score (nSPS) is 18.1. The van der Waals surface area contributed by atoms with Gasteiger partial charge in [0, 0.05) is 24.8 Å². The van der Waals surface area contributed by atoms with Gasteiger partial charge in [0.05, 0.1) is 14.2 Å². The highest BCUT2D eigenvalue weighted by molar-refractivity contribution is 5.81. The summed E-state index contributed by atoms with van der Waals surface area (Å²) in [7, 11) is 3.20. The van der Waals surface area contributed by atoms with Gasteiger partial charge in [0.15, 0.2) is 0 Å². The lowest BCUT2D eigenvalue weighted by molar-refractivity contribution is -0.130. The van der Waals surface area contributed by atoms with E-state index >= 15 is 0 Å². The Labute approximate surface area is 112 Å². The van der Waals surface area contributed by atoms with Gasteiger partial charge in [-0.15, -0.1) is 0 Å². The minimum atomic E-state index is -0.302. The molecule has 1 aromatic rings. The van der Waals surface area contributed by atoms with E-state index in [9.17, 15) is 4.79 Å². The molecular formula is C14H19NO4. The molecule has 1 saturated heterocycles. The van der Waals surface area contributed by atoms with Gasteiger partial charge in [-0.3, -0.25) is 4.79 Å². The smallest absolute Gasteiger partial charge is 0.249 e. The van der Waals surface area contributed by atoms with Crippen molar-refractivity contribution in [2.45, 2.75) is 25.5 Å². The third-order valence-electron chi connectivity index (χ3n) is 3.17. The SMILES string of the molecule is COc1ccc(CNC(=O)C2CCCO2)c(OC)c1. The second-order valence-electron chi connectivity index (χ2n) is 4.40. The van der Waals surface area contributed by atoms with Crippen LogP contribution in [0.4, 0.5) is 0 Å². The number of hydrogen-bond acceptors (Lipinski definition) is 4. The van der Waals surface area contributed by atoms with Crippen LogP contribution in [0.25, 0.3) is 0 Å². The number of hydrogen-bond donors (Lipinski definition) is 1. The molecule has 1 heterocycles. The first-order valence-electron chi connectivity index (χ1n) is 6.35. The molecule has 0 spiro atoms. The predicted molar refractivity (Wildman–Crippen MR) is 70.4 cm³/mol. The second-order valence-corrected chi connectivity index (χ2v) is 4.40. The molecule has 2 rings (SSSR count). The van der Waals surface area contributed by atoms with Gasteiger partial charge in [0.25, 0.3) is 0 Å². The van der Waals surface area contributed by atoms with E-state index < -0.39 is 0 Å². The van der Waals surface area contributed by atoms with Crippen molar-refractivity contribution in [3.05, 3.63) is 23.8 Å². The van der Waals surface area contributed by atoms with E-state index in [4.69, 9.17) is 14.2 Å². The zero-order valence-electron chi connectivity index (χ0n) is 11.3. The third-order valence-corrected chi connectivity index (χ3v) is 3.17. The summed E-state index contributed by atoms with van der Waals surface area (Å²) in [5.41, 5.74) is 0.912. The highest BCUT2D eigenvalue weighted by atomic mass is 16.5. The second kappa shape index (κ2) is 6.43. The van der Waals surface area contributed by atoms with Crippen molar-refractivity contribution in [2.24, 2.45) is 0 Å². The van der Waals surface area contributed by atoms with Gasteiger partial charge in [0.1, 0.15) is 17.6 Å². The monoisotopic (exact) mass is 265 g/mol. The first-order valence-corrected chi connectivity index (χ1v) is 6.35. The van der Waals surface area contributed by atoms with Crippen LogP contribution in [0.15, 0.2) is 18.2 Å². The predicted octanol–water partition coefficient (Wildman–Crippen LogP) is 1.50. The van der Waals surface area contributed by atoms with E-state index in [1.165, 1.54) is 0 Å². The van der Waals surface area contributed by atoms with Crippen molar-refractivity contribution in [2.75, 3.05) is 20.8 Å². The van der Waals surface area contributed by atoms with Gasteiger partial charge in [-0.2, -0.15) is 0 Å². The van der Waals surface area contributed by atoms with Crippen LogP contribution in [0.5, 0.6) is 11.5 Å². The van der Waals surface area contributed by atoms with E-state index in [0.717, 1.165) is 24.2 Å². The van der Waals surface area contributed by atoms with Crippen molar-refractivity contribution < 1.29 is 19.0 Å². The number of methoxy groups -OCH3 is 2. The van der Waals surface area contributed by atoms with Gasteiger partial charge in [0.2, 0.25) is 5.91 Å². The fraction of sp³-hybridized carbons (Fsp3) is 0.500. The Morgan fingerprint density at radius 2 is 2.26 bits per heavy atom. The molecule has 0 saturated carbocycles. The lowest BCUT2D eigenvalue weighted by atomic mass is 10.1. The standard InChI is InChI=1S/C14H19NO4/c1-17-11-6-5-10(13(8-11)18-2)9-15-14(16)12-4-3-7-19-12/h5-6,8,12H,3-4,7,9H2,1-2H3,(H,15,16). The molecule has 1 N–H and O–H groups in total. The van der Waals surface area contributed by atoms with Crippen molar-refractivity contribution in [1.82, 2.24) is 5.32 Å². The summed E-state index contributed by atoms with van der Waals surface area (Å²) >= 11 is 0. The van der Waals surface area contributed by atoms with Crippen LogP contribution >= 0.6 is 0 Å². The molecule has 0 aromatic heterocycles. The molecule has 1 aliphatic rings. The molecule has 1 amide bonds. The molecule has 1 atom stereocenters. The van der Waals surface area contributed by atoms with E-state index in [-0.39, 0.29) is 12.0 Å². The van der Waals surface area contributed by atoms with Crippen LogP contribution in [0.1, 0.15) is 18.4 Å². The topological polar surface area (TPSA) is 56.8 Å². The summed E-state index contributed by atoms with van der Waals surface area (Å²) in [5.74, 6) is 1.37. The first kappa shape index (κ1) is 13.7. The average Bonchev–Trinajstić information content (AvgIpc) is 2.98.